The first-order chi connectivity index (χ1) is 10.6. The van der Waals surface area contributed by atoms with Gasteiger partial charge < -0.3 is 19.6 Å². The fourth-order valence-corrected chi connectivity index (χ4v) is 3.49. The Morgan fingerprint density at radius 2 is 2.09 bits per heavy atom. The maximum atomic E-state index is 12.2. The highest BCUT2D eigenvalue weighted by Crippen LogP contribution is 2.15. The van der Waals surface area contributed by atoms with Crippen LogP contribution >= 0.6 is 11.8 Å². The largest absolute Gasteiger partial charge is 0.389 e. The molecule has 0 aromatic heterocycles. The lowest BCUT2D eigenvalue weighted by Crippen LogP contribution is -2.52. The summed E-state index contributed by atoms with van der Waals surface area (Å²) in [4.78, 5) is 29.3. The molecule has 1 atom stereocenters. The van der Waals surface area contributed by atoms with Gasteiger partial charge in [0.1, 0.15) is 6.54 Å². The van der Waals surface area contributed by atoms with Crippen molar-refractivity contribution in [2.24, 2.45) is 0 Å². The number of hydrogen-bond donors (Lipinski definition) is 1. The van der Waals surface area contributed by atoms with E-state index >= 15 is 0 Å². The summed E-state index contributed by atoms with van der Waals surface area (Å²) < 4.78 is 5.20. The molecule has 0 aromatic rings. The molecule has 0 spiro atoms. The van der Waals surface area contributed by atoms with Crippen molar-refractivity contribution in [2.45, 2.75) is 13.0 Å². The smallest absolute Gasteiger partial charge is 0.242 e. The second kappa shape index (κ2) is 8.71. The third-order valence-corrected chi connectivity index (χ3v) is 4.81. The number of aliphatic hydroxyl groups is 1. The molecule has 2 saturated heterocycles. The Bertz CT molecular complexity index is 388. The normalized spacial score (nSPS) is 21.5. The number of aliphatic hydroxyl groups excluding tert-OH is 1. The number of thioether (sulfide) groups is 1. The number of piperazine rings is 1. The number of nitrogens with zero attached hydrogens (tertiary/aromatic N) is 3. The van der Waals surface area contributed by atoms with Gasteiger partial charge in [-0.25, -0.2) is 0 Å². The van der Waals surface area contributed by atoms with E-state index in [1.807, 2.05) is 11.8 Å². The van der Waals surface area contributed by atoms with Crippen molar-refractivity contribution in [3.63, 3.8) is 0 Å². The van der Waals surface area contributed by atoms with E-state index in [-0.39, 0.29) is 18.4 Å². The SMILES string of the molecule is CCOC[C@@H](O)CN1CCN(C(=O)CN2CSCC2=O)CC1. The minimum Gasteiger partial charge on any atom is -0.389 e. The Morgan fingerprint density at radius 1 is 1.36 bits per heavy atom. The average molecular weight is 331 g/mol. The Morgan fingerprint density at radius 3 is 2.68 bits per heavy atom. The molecule has 8 heteroatoms. The Labute approximate surface area is 135 Å². The molecule has 1 N–H and O–H groups in total. The van der Waals surface area contributed by atoms with Crippen LogP contribution in [0.5, 0.6) is 0 Å². The van der Waals surface area contributed by atoms with Crippen LogP contribution in [-0.4, -0.2) is 102 Å². The molecule has 0 aliphatic carbocycles. The van der Waals surface area contributed by atoms with Gasteiger partial charge in [0.25, 0.3) is 0 Å². The van der Waals surface area contributed by atoms with Crippen molar-refractivity contribution in [1.29, 1.82) is 0 Å². The molecule has 2 aliphatic rings. The number of rotatable bonds is 7. The van der Waals surface area contributed by atoms with Crippen LogP contribution in [0.25, 0.3) is 0 Å². The third-order valence-electron chi connectivity index (χ3n) is 3.86. The molecular formula is C14H25N3O4S. The van der Waals surface area contributed by atoms with Crippen LogP contribution in [0.1, 0.15) is 6.92 Å². The second-order valence-electron chi connectivity index (χ2n) is 5.56. The first-order valence-corrected chi connectivity index (χ1v) is 8.87. The molecule has 22 heavy (non-hydrogen) atoms. The number of carbonyl (C=O) groups is 2. The number of amides is 2. The lowest BCUT2D eigenvalue weighted by molar-refractivity contribution is -0.139. The minimum atomic E-state index is -0.485. The summed E-state index contributed by atoms with van der Waals surface area (Å²) in [6, 6.07) is 0. The summed E-state index contributed by atoms with van der Waals surface area (Å²) in [6.45, 7) is 6.42. The molecule has 0 aromatic carbocycles. The number of β-amino-alcohol motifs (C(OH)–C–C–N with tert-alkyl or cyclic N) is 1. The molecule has 0 radical (unpaired) electrons. The molecule has 0 bridgehead atoms. The van der Waals surface area contributed by atoms with Gasteiger partial charge in [-0.15, -0.1) is 11.8 Å². The Kier molecular flexibility index (Phi) is 6.94. The van der Waals surface area contributed by atoms with Crippen molar-refractivity contribution < 1.29 is 19.4 Å². The molecule has 2 amide bonds. The van der Waals surface area contributed by atoms with E-state index in [2.05, 4.69) is 4.90 Å². The highest BCUT2D eigenvalue weighted by Gasteiger charge is 2.27. The van der Waals surface area contributed by atoms with Crippen LogP contribution in [0.15, 0.2) is 0 Å². The van der Waals surface area contributed by atoms with Crippen molar-refractivity contribution in [3.8, 4) is 0 Å². The molecule has 0 unspecified atom stereocenters. The number of ether oxygens (including phenoxy) is 1. The Balaban J connectivity index is 1.67. The predicted molar refractivity (Wildman–Crippen MR) is 84.6 cm³/mol. The molecule has 2 aliphatic heterocycles. The zero-order valence-electron chi connectivity index (χ0n) is 13.1. The van der Waals surface area contributed by atoms with Gasteiger partial charge >= 0.3 is 0 Å². The van der Waals surface area contributed by atoms with E-state index < -0.39 is 6.10 Å². The van der Waals surface area contributed by atoms with Crippen LogP contribution in [0.2, 0.25) is 0 Å². The standard InChI is InChI=1S/C14H25N3O4S/c1-2-21-9-12(18)7-15-3-5-16(6-4-15)13(19)8-17-11-22-10-14(17)20/h12,18H,2-11H2,1H3/t12-/m0/s1. The lowest BCUT2D eigenvalue weighted by Gasteiger charge is -2.36. The van der Waals surface area contributed by atoms with Gasteiger partial charge in [-0.2, -0.15) is 0 Å². The van der Waals surface area contributed by atoms with E-state index in [9.17, 15) is 14.7 Å². The lowest BCUT2D eigenvalue weighted by atomic mass is 10.2. The highest BCUT2D eigenvalue weighted by atomic mass is 32.2. The quantitative estimate of drug-likeness (QED) is 0.649. The summed E-state index contributed by atoms with van der Waals surface area (Å²) in [5, 5.41) is 9.83. The van der Waals surface area contributed by atoms with Crippen molar-refractivity contribution in [1.82, 2.24) is 14.7 Å². The maximum Gasteiger partial charge on any atom is 0.242 e. The number of carbonyl (C=O) groups excluding carboxylic acids is 2. The van der Waals surface area contributed by atoms with Crippen LogP contribution in [0.4, 0.5) is 0 Å². The zero-order chi connectivity index (χ0) is 15.9. The summed E-state index contributed by atoms with van der Waals surface area (Å²) in [7, 11) is 0. The first-order valence-electron chi connectivity index (χ1n) is 7.71. The van der Waals surface area contributed by atoms with Crippen LogP contribution in [-0.2, 0) is 14.3 Å². The van der Waals surface area contributed by atoms with E-state index in [4.69, 9.17) is 4.74 Å². The topological polar surface area (TPSA) is 73.3 Å². The van der Waals surface area contributed by atoms with Gasteiger partial charge in [0.15, 0.2) is 0 Å². The molecule has 2 heterocycles. The third kappa shape index (κ3) is 5.12. The molecular weight excluding hydrogens is 306 g/mol. The van der Waals surface area contributed by atoms with E-state index in [1.165, 1.54) is 0 Å². The molecule has 2 rings (SSSR count). The summed E-state index contributed by atoms with van der Waals surface area (Å²) in [5.41, 5.74) is 0. The van der Waals surface area contributed by atoms with Crippen molar-refractivity contribution in [3.05, 3.63) is 0 Å². The fraction of sp³-hybridized carbons (Fsp3) is 0.857. The minimum absolute atomic E-state index is 0.0189. The number of hydrogen-bond acceptors (Lipinski definition) is 6. The molecule has 0 saturated carbocycles. The van der Waals surface area contributed by atoms with Crippen LogP contribution in [0, 0.1) is 0 Å². The van der Waals surface area contributed by atoms with Crippen molar-refractivity contribution in [2.75, 3.05) is 64.1 Å². The van der Waals surface area contributed by atoms with Gasteiger partial charge in [-0.05, 0) is 6.92 Å². The molecule has 126 valence electrons. The van der Waals surface area contributed by atoms with Crippen molar-refractivity contribution >= 4 is 23.6 Å². The maximum absolute atomic E-state index is 12.2. The van der Waals surface area contributed by atoms with Gasteiger partial charge in [0.2, 0.25) is 11.8 Å². The van der Waals surface area contributed by atoms with Gasteiger partial charge in [-0.3, -0.25) is 14.5 Å². The predicted octanol–water partition coefficient (Wildman–Crippen LogP) is -0.939. The van der Waals surface area contributed by atoms with E-state index in [1.54, 1.807) is 16.7 Å². The summed E-state index contributed by atoms with van der Waals surface area (Å²) in [6.07, 6.45) is -0.485. The first kappa shape index (κ1) is 17.5. The second-order valence-corrected chi connectivity index (χ2v) is 6.52. The van der Waals surface area contributed by atoms with Gasteiger partial charge in [0, 0.05) is 39.3 Å². The summed E-state index contributed by atoms with van der Waals surface area (Å²) in [5.74, 6) is 1.17. The molecule has 2 fully saturated rings. The van der Waals surface area contributed by atoms with Crippen LogP contribution < -0.4 is 0 Å². The van der Waals surface area contributed by atoms with E-state index in [0.29, 0.717) is 44.5 Å². The molecule has 7 nitrogen and oxygen atoms in total. The average Bonchev–Trinajstić information content (AvgIpc) is 2.91. The van der Waals surface area contributed by atoms with Gasteiger partial charge in [-0.1, -0.05) is 0 Å². The van der Waals surface area contributed by atoms with Crippen LogP contribution in [0.3, 0.4) is 0 Å². The van der Waals surface area contributed by atoms with E-state index in [0.717, 1.165) is 13.1 Å². The van der Waals surface area contributed by atoms with Gasteiger partial charge in [0.05, 0.1) is 24.3 Å². The fourth-order valence-electron chi connectivity index (χ4n) is 2.59. The summed E-state index contributed by atoms with van der Waals surface area (Å²) >= 11 is 1.55. The highest BCUT2D eigenvalue weighted by molar-refractivity contribution is 8.00. The Hall–Kier alpha value is -0.830. The zero-order valence-corrected chi connectivity index (χ0v) is 13.9. The monoisotopic (exact) mass is 331 g/mol.